The molecule has 9 aromatic rings. The van der Waals surface area contributed by atoms with Crippen LogP contribution in [0.4, 0.5) is 34.1 Å². The highest BCUT2D eigenvalue weighted by atomic mass is 15.1. The first-order chi connectivity index (χ1) is 27.9. The lowest BCUT2D eigenvalue weighted by Crippen LogP contribution is -2.13. The van der Waals surface area contributed by atoms with Gasteiger partial charge in [-0.3, -0.25) is 0 Å². The third-order valence-electron chi connectivity index (χ3n) is 12.1. The van der Waals surface area contributed by atoms with E-state index in [4.69, 9.17) is 0 Å². The van der Waals surface area contributed by atoms with Crippen LogP contribution in [-0.4, -0.2) is 0 Å². The maximum atomic E-state index is 2.43. The van der Waals surface area contributed by atoms with Gasteiger partial charge in [0.2, 0.25) is 0 Å². The van der Waals surface area contributed by atoms with Gasteiger partial charge in [0.05, 0.1) is 11.4 Å². The second-order valence-electron chi connectivity index (χ2n) is 18.0. The van der Waals surface area contributed by atoms with Crippen LogP contribution < -0.4 is 9.80 Å². The second kappa shape index (κ2) is 14.2. The lowest BCUT2D eigenvalue weighted by molar-refractivity contribution is 0.590. The number of aryl methyl sites for hydroxylation is 2. The first kappa shape index (κ1) is 37.2. The van der Waals surface area contributed by atoms with Crippen LogP contribution in [0.15, 0.2) is 170 Å². The number of hydrogen-bond donors (Lipinski definition) is 0. The monoisotopic (exact) mass is 752 g/mol. The van der Waals surface area contributed by atoms with Crippen molar-refractivity contribution in [3.05, 3.63) is 192 Å². The highest BCUT2D eigenvalue weighted by Crippen LogP contribution is 2.45. The molecule has 0 amide bonds. The van der Waals surface area contributed by atoms with Crippen LogP contribution in [-0.2, 0) is 10.8 Å². The van der Waals surface area contributed by atoms with Gasteiger partial charge >= 0.3 is 0 Å². The minimum Gasteiger partial charge on any atom is -0.310 e. The van der Waals surface area contributed by atoms with E-state index in [0.29, 0.717) is 0 Å². The number of fused-ring (bicyclic) bond motifs is 4. The maximum absolute atomic E-state index is 2.43. The first-order valence-corrected chi connectivity index (χ1v) is 20.6. The quantitative estimate of drug-likeness (QED) is 0.156. The Balaban J connectivity index is 1.22. The second-order valence-corrected chi connectivity index (χ2v) is 18.0. The molecule has 0 aromatic heterocycles. The molecule has 0 radical (unpaired) electrons. The van der Waals surface area contributed by atoms with Gasteiger partial charge in [0.25, 0.3) is 0 Å². The summed E-state index contributed by atoms with van der Waals surface area (Å²) in [7, 11) is 0. The van der Waals surface area contributed by atoms with Crippen molar-refractivity contribution < 1.29 is 0 Å². The minimum absolute atomic E-state index is 0.0735. The fraction of sp³-hybridized carbons (Fsp3) is 0.179. The Labute approximate surface area is 344 Å². The number of anilines is 6. The standard InChI is InChI=1S/C56H52N2/c1-37-47-33-31-46(58(44-29-25-42(26-30-44)56(6,7)8)54-22-14-18-40-16-10-12-20-50(40)54)36-52(47)38(2)48-34-32-45(35-51(37)48)57(43-27-23-41(24-28-43)55(3,4)5)53-21-13-17-39-15-9-11-19-49(39)53/h9-36H,1-8H3. The van der Waals surface area contributed by atoms with Gasteiger partial charge < -0.3 is 9.80 Å². The summed E-state index contributed by atoms with van der Waals surface area (Å²) in [5, 5.41) is 10.0. The molecule has 2 nitrogen and oxygen atoms in total. The van der Waals surface area contributed by atoms with E-state index >= 15 is 0 Å². The van der Waals surface area contributed by atoms with E-state index < -0.39 is 0 Å². The Kier molecular flexibility index (Phi) is 9.12. The predicted octanol–water partition coefficient (Wildman–Crippen LogP) is 16.5. The van der Waals surface area contributed by atoms with Crippen LogP contribution in [0.2, 0.25) is 0 Å². The van der Waals surface area contributed by atoms with Crippen molar-refractivity contribution >= 4 is 77.2 Å². The molecule has 0 saturated heterocycles. The largest absolute Gasteiger partial charge is 0.310 e. The van der Waals surface area contributed by atoms with Crippen molar-refractivity contribution in [2.75, 3.05) is 9.80 Å². The van der Waals surface area contributed by atoms with E-state index in [1.165, 1.54) is 76.7 Å². The molecule has 0 aliphatic rings. The van der Waals surface area contributed by atoms with Crippen LogP contribution in [0, 0.1) is 13.8 Å². The summed E-state index contributed by atoms with van der Waals surface area (Å²) in [4.78, 5) is 4.87. The summed E-state index contributed by atoms with van der Waals surface area (Å²) in [6, 6.07) is 63.1. The number of rotatable bonds is 6. The Morgan fingerprint density at radius 3 is 1.03 bits per heavy atom. The van der Waals surface area contributed by atoms with E-state index in [0.717, 1.165) is 22.7 Å². The normalized spacial score (nSPS) is 12.1. The molecule has 9 aromatic carbocycles. The molecule has 286 valence electrons. The Bertz CT molecular complexity index is 2760. The van der Waals surface area contributed by atoms with Gasteiger partial charge in [-0.2, -0.15) is 0 Å². The highest BCUT2D eigenvalue weighted by Gasteiger charge is 2.22. The molecule has 0 heterocycles. The zero-order valence-electron chi connectivity index (χ0n) is 35.1. The average molecular weight is 753 g/mol. The number of hydrogen-bond acceptors (Lipinski definition) is 2. The fourth-order valence-corrected chi connectivity index (χ4v) is 8.79. The third-order valence-corrected chi connectivity index (χ3v) is 12.1. The van der Waals surface area contributed by atoms with Gasteiger partial charge in [0.1, 0.15) is 0 Å². The summed E-state index contributed by atoms with van der Waals surface area (Å²) in [5.74, 6) is 0. The summed E-state index contributed by atoms with van der Waals surface area (Å²) < 4.78 is 0. The molecule has 0 unspecified atom stereocenters. The van der Waals surface area contributed by atoms with Gasteiger partial charge in [-0.1, -0.05) is 151 Å². The lowest BCUT2D eigenvalue weighted by atomic mass is 9.87. The zero-order chi connectivity index (χ0) is 40.3. The molecule has 0 bridgehead atoms. The molecule has 0 atom stereocenters. The van der Waals surface area contributed by atoms with E-state index in [-0.39, 0.29) is 10.8 Å². The van der Waals surface area contributed by atoms with Crippen molar-refractivity contribution in [1.29, 1.82) is 0 Å². The summed E-state index contributed by atoms with van der Waals surface area (Å²) in [6.07, 6.45) is 0. The van der Waals surface area contributed by atoms with Crippen molar-refractivity contribution in [3.8, 4) is 0 Å². The molecule has 9 rings (SSSR count). The maximum Gasteiger partial charge on any atom is 0.0540 e. The average Bonchev–Trinajstić information content (AvgIpc) is 3.23. The van der Waals surface area contributed by atoms with Crippen molar-refractivity contribution in [2.45, 2.75) is 66.2 Å². The topological polar surface area (TPSA) is 6.48 Å². The smallest absolute Gasteiger partial charge is 0.0540 e. The number of nitrogens with zero attached hydrogens (tertiary/aromatic N) is 2. The van der Waals surface area contributed by atoms with Crippen LogP contribution in [0.5, 0.6) is 0 Å². The van der Waals surface area contributed by atoms with Crippen molar-refractivity contribution in [3.63, 3.8) is 0 Å². The molecule has 2 heteroatoms. The molecule has 0 spiro atoms. The molecule has 0 aliphatic heterocycles. The van der Waals surface area contributed by atoms with Crippen LogP contribution in [0.25, 0.3) is 43.1 Å². The Hall–Kier alpha value is -6.38. The highest BCUT2D eigenvalue weighted by molar-refractivity contribution is 6.09. The molecule has 0 N–H and O–H groups in total. The Morgan fingerprint density at radius 2 is 0.655 bits per heavy atom. The van der Waals surface area contributed by atoms with E-state index in [1.54, 1.807) is 0 Å². The Morgan fingerprint density at radius 1 is 0.310 bits per heavy atom. The van der Waals surface area contributed by atoms with Gasteiger partial charge in [-0.05, 0) is 140 Å². The van der Waals surface area contributed by atoms with E-state index in [9.17, 15) is 0 Å². The van der Waals surface area contributed by atoms with Crippen molar-refractivity contribution in [1.82, 2.24) is 0 Å². The molecular formula is C56H52N2. The molecule has 58 heavy (non-hydrogen) atoms. The molecule has 0 fully saturated rings. The summed E-state index contributed by atoms with van der Waals surface area (Å²) in [6.45, 7) is 18.2. The van der Waals surface area contributed by atoms with Crippen molar-refractivity contribution in [2.24, 2.45) is 0 Å². The predicted molar refractivity (Wildman–Crippen MR) is 253 cm³/mol. The fourth-order valence-electron chi connectivity index (χ4n) is 8.79. The summed E-state index contributed by atoms with van der Waals surface area (Å²) >= 11 is 0. The SMILES string of the molecule is Cc1c2ccc(N(c3ccc(C(C)(C)C)cc3)c3cccc4ccccc34)cc2c(C)c2ccc(N(c3ccc(C(C)(C)C)cc3)c3cccc4ccccc34)cc12. The number of benzene rings is 9. The molecule has 0 aliphatic carbocycles. The van der Waals surface area contributed by atoms with Gasteiger partial charge in [-0.15, -0.1) is 0 Å². The van der Waals surface area contributed by atoms with Gasteiger partial charge in [-0.25, -0.2) is 0 Å². The third kappa shape index (κ3) is 6.57. The van der Waals surface area contributed by atoms with Crippen LogP contribution in [0.1, 0.15) is 63.8 Å². The van der Waals surface area contributed by atoms with Gasteiger partial charge in [0, 0.05) is 33.5 Å². The van der Waals surface area contributed by atoms with E-state index in [1.807, 2.05) is 0 Å². The van der Waals surface area contributed by atoms with Crippen LogP contribution in [0.3, 0.4) is 0 Å². The zero-order valence-corrected chi connectivity index (χ0v) is 35.1. The summed E-state index contributed by atoms with van der Waals surface area (Å²) in [5.41, 5.74) is 12.3. The van der Waals surface area contributed by atoms with Crippen LogP contribution >= 0.6 is 0 Å². The van der Waals surface area contributed by atoms with Gasteiger partial charge in [0.15, 0.2) is 0 Å². The minimum atomic E-state index is 0.0735. The molecular weight excluding hydrogens is 701 g/mol. The van der Waals surface area contributed by atoms with E-state index in [2.05, 4.69) is 235 Å². The molecule has 0 saturated carbocycles. The first-order valence-electron chi connectivity index (χ1n) is 20.6. The lowest BCUT2D eigenvalue weighted by Gasteiger charge is -2.29.